The number of piperazine rings is 1. The highest BCUT2D eigenvalue weighted by Gasteiger charge is 2.23. The smallest absolute Gasteiger partial charge is 0.0431 e. The van der Waals surface area contributed by atoms with E-state index in [1.54, 1.807) is 0 Å². The SMILES string of the molecule is C=CCN1C[C@@H](C)NC[C@@H]1CCCO. The van der Waals surface area contributed by atoms with Crippen molar-refractivity contribution < 1.29 is 5.11 Å². The highest BCUT2D eigenvalue weighted by Crippen LogP contribution is 2.11. The van der Waals surface area contributed by atoms with E-state index < -0.39 is 0 Å². The number of aliphatic hydroxyl groups excluding tert-OH is 1. The third kappa shape index (κ3) is 3.40. The van der Waals surface area contributed by atoms with Crippen molar-refractivity contribution >= 4 is 0 Å². The van der Waals surface area contributed by atoms with Gasteiger partial charge in [-0.25, -0.2) is 0 Å². The highest BCUT2D eigenvalue weighted by atomic mass is 16.2. The Balaban J connectivity index is 2.40. The van der Waals surface area contributed by atoms with Gasteiger partial charge < -0.3 is 10.4 Å². The van der Waals surface area contributed by atoms with Gasteiger partial charge in [0.25, 0.3) is 0 Å². The van der Waals surface area contributed by atoms with Crippen LogP contribution in [0.15, 0.2) is 12.7 Å². The van der Waals surface area contributed by atoms with Crippen molar-refractivity contribution in [3.63, 3.8) is 0 Å². The molecular weight excluding hydrogens is 176 g/mol. The summed E-state index contributed by atoms with van der Waals surface area (Å²) in [6.45, 7) is 9.37. The molecule has 1 aliphatic heterocycles. The van der Waals surface area contributed by atoms with Gasteiger partial charge in [0.15, 0.2) is 0 Å². The Morgan fingerprint density at radius 3 is 3.07 bits per heavy atom. The molecule has 1 fully saturated rings. The van der Waals surface area contributed by atoms with E-state index in [2.05, 4.69) is 23.7 Å². The normalized spacial score (nSPS) is 29.0. The fraction of sp³-hybridized carbons (Fsp3) is 0.818. The summed E-state index contributed by atoms with van der Waals surface area (Å²) < 4.78 is 0. The summed E-state index contributed by atoms with van der Waals surface area (Å²) >= 11 is 0. The number of nitrogens with zero attached hydrogens (tertiary/aromatic N) is 1. The molecule has 0 saturated carbocycles. The van der Waals surface area contributed by atoms with Gasteiger partial charge in [0.1, 0.15) is 0 Å². The van der Waals surface area contributed by atoms with E-state index >= 15 is 0 Å². The van der Waals surface area contributed by atoms with Gasteiger partial charge in [0.2, 0.25) is 0 Å². The summed E-state index contributed by atoms with van der Waals surface area (Å²) in [5.74, 6) is 0. The number of aliphatic hydroxyl groups is 1. The van der Waals surface area contributed by atoms with Crippen LogP contribution in [0.1, 0.15) is 19.8 Å². The number of rotatable bonds is 5. The lowest BCUT2D eigenvalue weighted by Gasteiger charge is -2.38. The Morgan fingerprint density at radius 1 is 1.64 bits per heavy atom. The zero-order valence-corrected chi connectivity index (χ0v) is 9.08. The molecule has 3 nitrogen and oxygen atoms in total. The Bertz CT molecular complexity index is 171. The topological polar surface area (TPSA) is 35.5 Å². The lowest BCUT2D eigenvalue weighted by Crippen LogP contribution is -2.55. The molecule has 0 aromatic heterocycles. The maximum atomic E-state index is 8.81. The Kier molecular flexibility index (Phi) is 5.15. The van der Waals surface area contributed by atoms with Crippen LogP contribution in [0, 0.1) is 0 Å². The predicted molar refractivity (Wildman–Crippen MR) is 59.3 cm³/mol. The zero-order valence-electron chi connectivity index (χ0n) is 9.08. The van der Waals surface area contributed by atoms with Gasteiger partial charge >= 0.3 is 0 Å². The average molecular weight is 198 g/mol. The quantitative estimate of drug-likeness (QED) is 0.635. The minimum atomic E-state index is 0.300. The van der Waals surface area contributed by atoms with Crippen molar-refractivity contribution in [2.45, 2.75) is 31.8 Å². The fourth-order valence-electron chi connectivity index (χ4n) is 2.03. The largest absolute Gasteiger partial charge is 0.396 e. The summed E-state index contributed by atoms with van der Waals surface area (Å²) in [6, 6.07) is 1.14. The number of nitrogens with one attached hydrogen (secondary N) is 1. The first-order valence-corrected chi connectivity index (χ1v) is 5.47. The van der Waals surface area contributed by atoms with Crippen LogP contribution in [0.5, 0.6) is 0 Å². The van der Waals surface area contributed by atoms with Crippen LogP contribution >= 0.6 is 0 Å². The standard InChI is InChI=1S/C11H22N2O/c1-3-6-13-9-10(2)12-8-11(13)5-4-7-14/h3,10-12,14H,1,4-9H2,2H3/t10-,11+/m1/s1. The molecular formula is C11H22N2O. The second-order valence-corrected chi connectivity index (χ2v) is 4.07. The summed E-state index contributed by atoms with van der Waals surface area (Å²) in [6.07, 6.45) is 3.93. The fourth-order valence-corrected chi connectivity index (χ4v) is 2.03. The Hall–Kier alpha value is -0.380. The number of hydrogen-bond acceptors (Lipinski definition) is 3. The molecule has 2 N–H and O–H groups in total. The van der Waals surface area contributed by atoms with Gasteiger partial charge in [-0.3, -0.25) is 4.90 Å². The summed E-state index contributed by atoms with van der Waals surface area (Å²) in [7, 11) is 0. The van der Waals surface area contributed by atoms with Gasteiger partial charge in [-0.2, -0.15) is 0 Å². The Morgan fingerprint density at radius 2 is 2.43 bits per heavy atom. The summed E-state index contributed by atoms with van der Waals surface area (Å²) in [5.41, 5.74) is 0. The molecule has 0 aliphatic carbocycles. The molecule has 0 unspecified atom stereocenters. The van der Waals surface area contributed by atoms with E-state index in [0.717, 1.165) is 32.5 Å². The minimum absolute atomic E-state index is 0.300. The van der Waals surface area contributed by atoms with E-state index in [-0.39, 0.29) is 0 Å². The van der Waals surface area contributed by atoms with Gasteiger partial charge in [-0.15, -0.1) is 6.58 Å². The maximum Gasteiger partial charge on any atom is 0.0431 e. The molecule has 3 heteroatoms. The first-order valence-electron chi connectivity index (χ1n) is 5.47. The average Bonchev–Trinajstić information content (AvgIpc) is 2.17. The Labute approximate surface area is 86.8 Å². The van der Waals surface area contributed by atoms with Crippen LogP contribution in [0.3, 0.4) is 0 Å². The number of hydrogen-bond donors (Lipinski definition) is 2. The summed E-state index contributed by atoms with van der Waals surface area (Å²) in [5, 5.41) is 12.3. The molecule has 0 amide bonds. The third-order valence-corrected chi connectivity index (χ3v) is 2.79. The molecule has 82 valence electrons. The van der Waals surface area contributed by atoms with E-state index in [1.165, 1.54) is 0 Å². The van der Waals surface area contributed by atoms with Crippen LogP contribution in [0.25, 0.3) is 0 Å². The van der Waals surface area contributed by atoms with Crippen molar-refractivity contribution in [2.75, 3.05) is 26.2 Å². The molecule has 1 saturated heterocycles. The minimum Gasteiger partial charge on any atom is -0.396 e. The van der Waals surface area contributed by atoms with Crippen molar-refractivity contribution in [1.82, 2.24) is 10.2 Å². The van der Waals surface area contributed by atoms with Crippen LogP contribution in [0.4, 0.5) is 0 Å². The third-order valence-electron chi connectivity index (χ3n) is 2.79. The molecule has 2 atom stereocenters. The van der Waals surface area contributed by atoms with E-state index in [9.17, 15) is 0 Å². The van der Waals surface area contributed by atoms with Crippen molar-refractivity contribution in [3.05, 3.63) is 12.7 Å². The van der Waals surface area contributed by atoms with E-state index in [0.29, 0.717) is 18.7 Å². The highest BCUT2D eigenvalue weighted by molar-refractivity contribution is 4.87. The van der Waals surface area contributed by atoms with E-state index in [4.69, 9.17) is 5.11 Å². The molecule has 1 heterocycles. The van der Waals surface area contributed by atoms with E-state index in [1.807, 2.05) is 6.08 Å². The zero-order chi connectivity index (χ0) is 10.4. The van der Waals surface area contributed by atoms with Crippen LogP contribution < -0.4 is 5.32 Å². The van der Waals surface area contributed by atoms with Gasteiger partial charge in [-0.1, -0.05) is 6.08 Å². The molecule has 0 radical (unpaired) electrons. The molecule has 0 bridgehead atoms. The second-order valence-electron chi connectivity index (χ2n) is 4.07. The molecule has 0 aromatic rings. The van der Waals surface area contributed by atoms with Gasteiger partial charge in [0.05, 0.1) is 0 Å². The molecule has 14 heavy (non-hydrogen) atoms. The second kappa shape index (κ2) is 6.17. The molecule has 0 spiro atoms. The summed E-state index contributed by atoms with van der Waals surface area (Å²) in [4.78, 5) is 2.45. The van der Waals surface area contributed by atoms with Gasteiger partial charge in [-0.05, 0) is 19.8 Å². The van der Waals surface area contributed by atoms with Crippen molar-refractivity contribution in [2.24, 2.45) is 0 Å². The van der Waals surface area contributed by atoms with Crippen molar-refractivity contribution in [3.8, 4) is 0 Å². The van der Waals surface area contributed by atoms with Crippen molar-refractivity contribution in [1.29, 1.82) is 0 Å². The first kappa shape index (κ1) is 11.7. The molecule has 0 aromatic carbocycles. The van der Waals surface area contributed by atoms with Crippen LogP contribution in [-0.2, 0) is 0 Å². The van der Waals surface area contributed by atoms with Crippen LogP contribution in [-0.4, -0.2) is 48.3 Å². The lowest BCUT2D eigenvalue weighted by molar-refractivity contribution is 0.134. The first-order chi connectivity index (χ1) is 6.77. The maximum absolute atomic E-state index is 8.81. The van der Waals surface area contributed by atoms with Crippen LogP contribution in [0.2, 0.25) is 0 Å². The monoisotopic (exact) mass is 198 g/mol. The molecule has 1 aliphatic rings. The lowest BCUT2D eigenvalue weighted by atomic mass is 10.1. The predicted octanol–water partition coefficient (Wildman–Crippen LogP) is 0.607. The molecule has 1 rings (SSSR count). The van der Waals surface area contributed by atoms with Gasteiger partial charge in [0, 0.05) is 38.3 Å².